The highest BCUT2D eigenvalue weighted by atomic mass is 19.2. The predicted molar refractivity (Wildman–Crippen MR) is 69.4 cm³/mol. The standard InChI is InChI=1S/C13H15F2N3O/c1-2-8-6-9-12(11(15)10(8)14)18(17-16-9)7-13(19)4-3-5-13/h2,6,16-17,19H,1,3-5,7H2. The number of nitrogens with zero attached hydrogens (tertiary/aromatic N) is 1. The van der Waals surface area contributed by atoms with Crippen LogP contribution in [0.1, 0.15) is 24.8 Å². The van der Waals surface area contributed by atoms with E-state index in [1.807, 2.05) is 0 Å². The molecule has 1 aliphatic carbocycles. The fourth-order valence-corrected chi connectivity index (χ4v) is 2.48. The van der Waals surface area contributed by atoms with Gasteiger partial charge >= 0.3 is 0 Å². The highest BCUT2D eigenvalue weighted by molar-refractivity contribution is 5.77. The van der Waals surface area contributed by atoms with E-state index in [-0.39, 0.29) is 17.8 Å². The van der Waals surface area contributed by atoms with E-state index in [4.69, 9.17) is 0 Å². The van der Waals surface area contributed by atoms with E-state index in [1.165, 1.54) is 17.2 Å². The largest absolute Gasteiger partial charge is 0.388 e. The van der Waals surface area contributed by atoms with Crippen molar-refractivity contribution in [2.45, 2.75) is 24.9 Å². The molecule has 0 atom stereocenters. The molecule has 0 bridgehead atoms. The molecule has 1 aromatic carbocycles. The lowest BCUT2D eigenvalue weighted by molar-refractivity contribution is -0.0266. The van der Waals surface area contributed by atoms with Crippen LogP contribution in [0.5, 0.6) is 0 Å². The summed E-state index contributed by atoms with van der Waals surface area (Å²) in [7, 11) is 0. The lowest BCUT2D eigenvalue weighted by Crippen LogP contribution is -2.52. The third kappa shape index (κ3) is 1.87. The van der Waals surface area contributed by atoms with Crippen molar-refractivity contribution in [2.75, 3.05) is 17.0 Å². The minimum Gasteiger partial charge on any atom is -0.388 e. The number of β-amino-alcohol motifs (C(OH)–C–C–N with tert-alkyl or cyclic N) is 1. The molecule has 0 saturated heterocycles. The Hall–Kier alpha value is -1.66. The third-order valence-corrected chi connectivity index (χ3v) is 3.76. The van der Waals surface area contributed by atoms with Crippen LogP contribution in [0.15, 0.2) is 12.6 Å². The van der Waals surface area contributed by atoms with Gasteiger partial charge in [-0.1, -0.05) is 12.7 Å². The molecule has 2 aliphatic rings. The molecule has 0 unspecified atom stereocenters. The first kappa shape index (κ1) is 12.4. The molecule has 102 valence electrons. The summed E-state index contributed by atoms with van der Waals surface area (Å²) >= 11 is 0. The Balaban J connectivity index is 1.95. The molecule has 0 aromatic heterocycles. The van der Waals surface area contributed by atoms with Crippen molar-refractivity contribution in [3.05, 3.63) is 29.8 Å². The fraction of sp³-hybridized carbons (Fsp3) is 0.385. The van der Waals surface area contributed by atoms with Crippen molar-refractivity contribution in [1.82, 2.24) is 5.53 Å². The molecule has 19 heavy (non-hydrogen) atoms. The van der Waals surface area contributed by atoms with Crippen molar-refractivity contribution < 1.29 is 13.9 Å². The highest BCUT2D eigenvalue weighted by Crippen LogP contribution is 2.39. The van der Waals surface area contributed by atoms with Crippen molar-refractivity contribution in [3.8, 4) is 0 Å². The maximum atomic E-state index is 14.1. The topological polar surface area (TPSA) is 47.5 Å². The summed E-state index contributed by atoms with van der Waals surface area (Å²) in [4.78, 5) is 0. The fourth-order valence-electron chi connectivity index (χ4n) is 2.48. The smallest absolute Gasteiger partial charge is 0.186 e. The van der Waals surface area contributed by atoms with E-state index in [1.54, 1.807) is 0 Å². The number of anilines is 2. The van der Waals surface area contributed by atoms with E-state index in [0.29, 0.717) is 18.5 Å². The maximum Gasteiger partial charge on any atom is 0.186 e. The maximum absolute atomic E-state index is 14.1. The molecule has 3 N–H and O–H groups in total. The minimum atomic E-state index is -0.937. The van der Waals surface area contributed by atoms with Gasteiger partial charge in [0.1, 0.15) is 5.69 Å². The zero-order valence-electron chi connectivity index (χ0n) is 10.3. The summed E-state index contributed by atoms with van der Waals surface area (Å²) in [6.45, 7) is 3.67. The summed E-state index contributed by atoms with van der Waals surface area (Å²) in [5, 5.41) is 11.5. The number of hydrogen-bond donors (Lipinski definition) is 3. The Labute approximate surface area is 109 Å². The van der Waals surface area contributed by atoms with E-state index in [0.717, 1.165) is 6.42 Å². The normalized spacial score (nSPS) is 19.6. The van der Waals surface area contributed by atoms with Gasteiger partial charge < -0.3 is 10.5 Å². The molecule has 6 heteroatoms. The second-order valence-electron chi connectivity index (χ2n) is 5.09. The van der Waals surface area contributed by atoms with Crippen LogP contribution in [0, 0.1) is 11.6 Å². The van der Waals surface area contributed by atoms with Gasteiger partial charge in [-0.15, -0.1) is 5.53 Å². The van der Waals surface area contributed by atoms with Crippen molar-refractivity contribution in [2.24, 2.45) is 0 Å². The molecular weight excluding hydrogens is 252 g/mol. The Kier molecular flexibility index (Phi) is 2.72. The summed E-state index contributed by atoms with van der Waals surface area (Å²) in [5.41, 5.74) is 5.35. The van der Waals surface area contributed by atoms with Crippen molar-refractivity contribution in [1.29, 1.82) is 0 Å². The van der Waals surface area contributed by atoms with Crippen LogP contribution in [0.25, 0.3) is 6.08 Å². The van der Waals surface area contributed by atoms with Gasteiger partial charge in [-0.3, -0.25) is 5.01 Å². The quantitative estimate of drug-likeness (QED) is 0.785. The first-order chi connectivity index (χ1) is 9.04. The highest BCUT2D eigenvalue weighted by Gasteiger charge is 2.39. The van der Waals surface area contributed by atoms with Gasteiger partial charge in [-0.25, -0.2) is 8.78 Å². The monoisotopic (exact) mass is 267 g/mol. The zero-order valence-corrected chi connectivity index (χ0v) is 10.3. The van der Waals surface area contributed by atoms with E-state index >= 15 is 0 Å². The average molecular weight is 267 g/mol. The first-order valence-corrected chi connectivity index (χ1v) is 6.20. The van der Waals surface area contributed by atoms with Crippen molar-refractivity contribution in [3.63, 3.8) is 0 Å². The summed E-state index contributed by atoms with van der Waals surface area (Å²) in [6, 6.07) is 1.48. The Morgan fingerprint density at radius 1 is 1.42 bits per heavy atom. The summed E-state index contributed by atoms with van der Waals surface area (Å²) in [6.07, 6.45) is 3.57. The first-order valence-electron chi connectivity index (χ1n) is 6.20. The number of benzene rings is 1. The molecule has 0 spiro atoms. The molecule has 0 amide bonds. The number of aliphatic hydroxyl groups is 1. The van der Waals surface area contributed by atoms with Crippen LogP contribution in [-0.2, 0) is 0 Å². The molecule has 0 radical (unpaired) electrons. The molecule has 1 fully saturated rings. The number of hydrazine groups is 2. The SMILES string of the molecule is C=Cc1cc2c(c(F)c1F)N(CC1(O)CCC1)NN2. The molecule has 1 aliphatic heterocycles. The second kappa shape index (κ2) is 4.18. The molecule has 1 heterocycles. The van der Waals surface area contributed by atoms with Gasteiger partial charge in [0.05, 0.1) is 17.8 Å². The van der Waals surface area contributed by atoms with Crippen LogP contribution in [0.2, 0.25) is 0 Å². The minimum absolute atomic E-state index is 0.100. The van der Waals surface area contributed by atoms with E-state index < -0.39 is 17.2 Å². The predicted octanol–water partition coefficient (Wildman–Crippen LogP) is 2.17. The van der Waals surface area contributed by atoms with Gasteiger partial charge in [0.15, 0.2) is 11.6 Å². The van der Waals surface area contributed by atoms with Gasteiger partial charge in [-0.2, -0.15) is 0 Å². The number of nitrogens with one attached hydrogen (secondary N) is 2. The molecule has 3 rings (SSSR count). The molecular formula is C13H15F2N3O. The van der Waals surface area contributed by atoms with E-state index in [9.17, 15) is 13.9 Å². The lowest BCUT2D eigenvalue weighted by atomic mass is 9.80. The van der Waals surface area contributed by atoms with Crippen LogP contribution >= 0.6 is 0 Å². The Morgan fingerprint density at radius 3 is 2.74 bits per heavy atom. The van der Waals surface area contributed by atoms with Crippen molar-refractivity contribution >= 4 is 17.5 Å². The molecule has 4 nitrogen and oxygen atoms in total. The van der Waals surface area contributed by atoms with Gasteiger partial charge in [0.2, 0.25) is 0 Å². The van der Waals surface area contributed by atoms with Crippen LogP contribution < -0.4 is 16.0 Å². The van der Waals surface area contributed by atoms with Gasteiger partial charge in [0, 0.05) is 5.56 Å². The number of hydrogen-bond acceptors (Lipinski definition) is 4. The van der Waals surface area contributed by atoms with Gasteiger partial charge in [-0.05, 0) is 25.3 Å². The second-order valence-corrected chi connectivity index (χ2v) is 5.09. The lowest BCUT2D eigenvalue weighted by Gasteiger charge is -2.39. The van der Waals surface area contributed by atoms with Crippen LogP contribution in [-0.4, -0.2) is 17.3 Å². The summed E-state index contributed by atoms with van der Waals surface area (Å²) < 4.78 is 27.8. The molecule has 1 saturated carbocycles. The Morgan fingerprint density at radius 2 is 2.16 bits per heavy atom. The Bertz CT molecular complexity index is 543. The van der Waals surface area contributed by atoms with E-state index in [2.05, 4.69) is 17.5 Å². The summed E-state index contributed by atoms with van der Waals surface area (Å²) in [5.74, 6) is -1.86. The number of fused-ring (bicyclic) bond motifs is 1. The zero-order chi connectivity index (χ0) is 13.6. The number of rotatable bonds is 3. The van der Waals surface area contributed by atoms with Crippen LogP contribution in [0.3, 0.4) is 0 Å². The van der Waals surface area contributed by atoms with Crippen LogP contribution in [0.4, 0.5) is 20.2 Å². The molecule has 1 aromatic rings. The third-order valence-electron chi connectivity index (χ3n) is 3.76. The van der Waals surface area contributed by atoms with Gasteiger partial charge in [0.25, 0.3) is 0 Å². The average Bonchev–Trinajstić information content (AvgIpc) is 2.74. The number of halogens is 2.